The number of halogens is 4. The van der Waals surface area contributed by atoms with E-state index in [-0.39, 0.29) is 0 Å². The van der Waals surface area contributed by atoms with Crippen LogP contribution in [0.5, 0.6) is 0 Å². The van der Waals surface area contributed by atoms with Crippen molar-refractivity contribution in [3.05, 3.63) is 33.9 Å². The van der Waals surface area contributed by atoms with E-state index in [9.17, 15) is 21.6 Å². The van der Waals surface area contributed by atoms with Crippen LogP contribution in [0.25, 0.3) is 0 Å². The SMILES string of the molecule is C[Si](C)(C)C#CI(OS(=O)(=O)C(F)(F)F)c1ccccc1. The first-order chi connectivity index (χ1) is 9.42. The van der Waals surface area contributed by atoms with Crippen molar-refractivity contribution in [2.45, 2.75) is 25.1 Å². The number of hydrogen-bond donors (Lipinski definition) is 0. The van der Waals surface area contributed by atoms with E-state index in [1.165, 1.54) is 12.1 Å². The first-order valence-corrected chi connectivity index (χ1v) is 13.7. The third-order valence-corrected chi connectivity index (χ3v) is 9.22. The van der Waals surface area contributed by atoms with Crippen molar-refractivity contribution < 1.29 is 24.1 Å². The molecule has 1 aromatic carbocycles. The first-order valence-electron chi connectivity index (χ1n) is 5.71. The zero-order valence-corrected chi connectivity index (χ0v) is 15.5. The molecule has 0 unspecified atom stereocenters. The summed E-state index contributed by atoms with van der Waals surface area (Å²) in [5.41, 5.74) is -2.54. The quantitative estimate of drug-likeness (QED) is 0.303. The van der Waals surface area contributed by atoms with Gasteiger partial charge in [0.1, 0.15) is 0 Å². The molecule has 1 aromatic rings. The molecule has 0 saturated carbocycles. The molecule has 1 rings (SSSR count). The summed E-state index contributed by atoms with van der Waals surface area (Å²) in [5.74, 6) is 0. The van der Waals surface area contributed by atoms with Gasteiger partial charge >= 0.3 is 131 Å². The zero-order valence-electron chi connectivity index (χ0n) is 11.5. The number of rotatable bonds is 3. The fourth-order valence-corrected chi connectivity index (χ4v) is 9.12. The number of hydrogen-bond acceptors (Lipinski definition) is 3. The molecule has 118 valence electrons. The van der Waals surface area contributed by atoms with Gasteiger partial charge in [0.15, 0.2) is 0 Å². The Kier molecular flexibility index (Phi) is 5.88. The van der Waals surface area contributed by atoms with E-state index in [0.29, 0.717) is 3.57 Å². The van der Waals surface area contributed by atoms with Gasteiger partial charge in [0.2, 0.25) is 0 Å². The first kappa shape index (κ1) is 18.5. The standard InChI is InChI=1S/C12H14F3IO3SSi/c1-21(2,3)10-9-16(11-7-5-4-6-8-11)19-20(17,18)12(13,14)15/h4-8H,1-3H3. The Morgan fingerprint density at radius 3 is 2.10 bits per heavy atom. The predicted molar refractivity (Wildman–Crippen MR) is 86.3 cm³/mol. The van der Waals surface area contributed by atoms with Crippen LogP contribution in [0.1, 0.15) is 0 Å². The molecule has 0 aliphatic rings. The van der Waals surface area contributed by atoms with Crippen molar-refractivity contribution in [3.63, 3.8) is 0 Å². The van der Waals surface area contributed by atoms with Crippen LogP contribution in [-0.2, 0) is 12.6 Å². The molecule has 0 radical (unpaired) electrons. The fraction of sp³-hybridized carbons (Fsp3) is 0.333. The van der Waals surface area contributed by atoms with Gasteiger partial charge in [0.05, 0.1) is 0 Å². The van der Waals surface area contributed by atoms with Gasteiger partial charge in [-0.2, -0.15) is 0 Å². The molecule has 0 aliphatic heterocycles. The van der Waals surface area contributed by atoms with E-state index >= 15 is 0 Å². The van der Waals surface area contributed by atoms with Crippen LogP contribution >= 0.6 is 20.2 Å². The Morgan fingerprint density at radius 2 is 1.67 bits per heavy atom. The Balaban J connectivity index is 3.19. The van der Waals surface area contributed by atoms with E-state index in [1.807, 2.05) is 19.6 Å². The second kappa shape index (κ2) is 6.68. The third kappa shape index (κ3) is 5.97. The topological polar surface area (TPSA) is 43.4 Å². The number of alkyl halides is 3. The van der Waals surface area contributed by atoms with E-state index in [1.54, 1.807) is 18.2 Å². The summed E-state index contributed by atoms with van der Waals surface area (Å²) in [6.45, 7) is 5.74. The molecule has 0 fully saturated rings. The van der Waals surface area contributed by atoms with E-state index in [4.69, 9.17) is 0 Å². The van der Waals surface area contributed by atoms with Crippen LogP contribution in [0.15, 0.2) is 30.3 Å². The van der Waals surface area contributed by atoms with E-state index in [0.717, 1.165) is 0 Å². The molecular weight excluding hydrogens is 436 g/mol. The minimum absolute atomic E-state index is 0.417. The molecule has 21 heavy (non-hydrogen) atoms. The van der Waals surface area contributed by atoms with Gasteiger partial charge in [-0.3, -0.25) is 0 Å². The van der Waals surface area contributed by atoms with Gasteiger partial charge in [0, 0.05) is 0 Å². The molecule has 0 atom stereocenters. The molecular formula is C12H14F3IO3SSi. The Bertz CT molecular complexity index is 642. The monoisotopic (exact) mass is 450 g/mol. The van der Waals surface area contributed by atoms with Crippen molar-refractivity contribution in [1.29, 1.82) is 0 Å². The summed E-state index contributed by atoms with van der Waals surface area (Å²) in [5, 5.41) is 0. The predicted octanol–water partition coefficient (Wildman–Crippen LogP) is 3.98. The van der Waals surface area contributed by atoms with E-state index in [2.05, 4.69) is 12.0 Å². The van der Waals surface area contributed by atoms with Gasteiger partial charge in [-0.1, -0.05) is 0 Å². The van der Waals surface area contributed by atoms with Crippen molar-refractivity contribution >= 4 is 38.4 Å². The second-order valence-corrected chi connectivity index (χ2v) is 15.5. The van der Waals surface area contributed by atoms with Crippen molar-refractivity contribution in [1.82, 2.24) is 0 Å². The van der Waals surface area contributed by atoms with Crippen molar-refractivity contribution in [3.8, 4) is 9.47 Å². The molecule has 0 aromatic heterocycles. The third-order valence-electron chi connectivity index (χ3n) is 1.87. The zero-order chi connectivity index (χ0) is 16.3. The maximum atomic E-state index is 12.5. The number of benzene rings is 1. The maximum absolute atomic E-state index is 12.5. The average molecular weight is 450 g/mol. The van der Waals surface area contributed by atoms with Gasteiger partial charge in [-0.05, 0) is 0 Å². The van der Waals surface area contributed by atoms with Crippen molar-refractivity contribution in [2.75, 3.05) is 0 Å². The van der Waals surface area contributed by atoms with Crippen LogP contribution in [0, 0.1) is 13.0 Å². The molecule has 0 amide bonds. The molecule has 0 bridgehead atoms. The van der Waals surface area contributed by atoms with Crippen LogP contribution in [0.3, 0.4) is 0 Å². The fourth-order valence-electron chi connectivity index (χ4n) is 0.939. The van der Waals surface area contributed by atoms with Gasteiger partial charge in [-0.25, -0.2) is 0 Å². The average Bonchev–Trinajstić information content (AvgIpc) is 2.33. The Morgan fingerprint density at radius 1 is 1.14 bits per heavy atom. The summed E-state index contributed by atoms with van der Waals surface area (Å²) in [6, 6.07) is 7.98. The van der Waals surface area contributed by atoms with Crippen LogP contribution in [-0.4, -0.2) is 22.0 Å². The Hall–Kier alpha value is -0.573. The Labute approximate surface area is 131 Å². The van der Waals surface area contributed by atoms with Gasteiger partial charge < -0.3 is 0 Å². The molecule has 0 spiro atoms. The summed E-state index contributed by atoms with van der Waals surface area (Å²) >= 11 is -3.25. The summed E-state index contributed by atoms with van der Waals surface area (Å²) in [6.07, 6.45) is 0. The van der Waals surface area contributed by atoms with E-state index < -0.39 is 43.9 Å². The second-order valence-electron chi connectivity index (χ2n) is 4.98. The summed E-state index contributed by atoms with van der Waals surface area (Å²) in [4.78, 5) is 0. The minimum atomic E-state index is -5.63. The van der Waals surface area contributed by atoms with Crippen LogP contribution in [0.4, 0.5) is 13.2 Å². The normalized spacial score (nSPS) is 13.3. The molecule has 0 N–H and O–H groups in total. The van der Waals surface area contributed by atoms with Crippen LogP contribution in [0.2, 0.25) is 19.6 Å². The van der Waals surface area contributed by atoms with Crippen molar-refractivity contribution in [2.24, 2.45) is 0 Å². The molecule has 9 heteroatoms. The van der Waals surface area contributed by atoms with Gasteiger partial charge in [0.25, 0.3) is 0 Å². The molecule has 0 saturated heterocycles. The molecule has 3 nitrogen and oxygen atoms in total. The summed E-state index contributed by atoms with van der Waals surface area (Å²) < 4.78 is 67.3. The molecule has 0 aliphatic carbocycles. The molecule has 0 heterocycles. The van der Waals surface area contributed by atoms with Gasteiger partial charge in [-0.15, -0.1) is 0 Å². The van der Waals surface area contributed by atoms with Crippen LogP contribution < -0.4 is 0 Å². The summed E-state index contributed by atoms with van der Waals surface area (Å²) in [7, 11) is -7.48.